The van der Waals surface area contributed by atoms with Crippen molar-refractivity contribution < 1.29 is 14.3 Å². The maximum atomic E-state index is 12.0. The summed E-state index contributed by atoms with van der Waals surface area (Å²) in [5.74, 6) is 0.984. The number of nitrogens with zero attached hydrogens (tertiary/aromatic N) is 1. The van der Waals surface area contributed by atoms with Crippen molar-refractivity contribution in [2.45, 2.75) is 12.8 Å². The fraction of sp³-hybridized carbons (Fsp3) is 0.500. The molecule has 0 aromatic heterocycles. The van der Waals surface area contributed by atoms with Gasteiger partial charge in [-0.2, -0.15) is 0 Å². The molecule has 0 radical (unpaired) electrons. The number of hydrogen-bond acceptors (Lipinski definition) is 5. The van der Waals surface area contributed by atoms with E-state index in [0.717, 1.165) is 25.9 Å². The molecule has 3 N–H and O–H groups in total. The van der Waals surface area contributed by atoms with Crippen LogP contribution in [-0.2, 0) is 4.79 Å². The molecule has 0 saturated carbocycles. The average Bonchev–Trinajstić information content (AvgIpc) is 2.92. The summed E-state index contributed by atoms with van der Waals surface area (Å²) < 4.78 is 10.4. The second-order valence-corrected chi connectivity index (χ2v) is 4.83. The van der Waals surface area contributed by atoms with Gasteiger partial charge in [-0.3, -0.25) is 9.69 Å². The first-order valence-corrected chi connectivity index (χ1v) is 6.67. The molecule has 1 aromatic carbocycles. The number of carbonyl (C=O) groups is 1. The number of nitrogens with two attached hydrogens (primary N) is 1. The number of anilines is 2. The van der Waals surface area contributed by atoms with Crippen molar-refractivity contribution in [1.82, 2.24) is 4.90 Å². The fourth-order valence-electron chi connectivity index (χ4n) is 2.35. The number of ether oxygens (including phenoxy) is 2. The molecule has 6 nitrogen and oxygen atoms in total. The van der Waals surface area contributed by atoms with Crippen molar-refractivity contribution >= 4 is 17.3 Å². The summed E-state index contributed by atoms with van der Waals surface area (Å²) in [7, 11) is 3.07. The third kappa shape index (κ3) is 3.33. The van der Waals surface area contributed by atoms with Gasteiger partial charge >= 0.3 is 0 Å². The minimum atomic E-state index is -0.0583. The van der Waals surface area contributed by atoms with Crippen molar-refractivity contribution in [3.05, 3.63) is 12.1 Å². The predicted molar refractivity (Wildman–Crippen MR) is 78.3 cm³/mol. The summed E-state index contributed by atoms with van der Waals surface area (Å²) in [6, 6.07) is 3.32. The quantitative estimate of drug-likeness (QED) is 0.795. The molecule has 1 heterocycles. The standard InChI is InChI=1S/C14H21N3O3/c1-19-12-8-11(13(20-2)7-10(12)15)16-14(18)9-17-5-3-4-6-17/h7-8H,3-6,9,15H2,1-2H3,(H,16,18). The summed E-state index contributed by atoms with van der Waals surface area (Å²) in [5, 5.41) is 2.85. The molecule has 0 bridgehead atoms. The van der Waals surface area contributed by atoms with Crippen LogP contribution in [0.25, 0.3) is 0 Å². The van der Waals surface area contributed by atoms with Gasteiger partial charge in [0.25, 0.3) is 0 Å². The van der Waals surface area contributed by atoms with Crippen LogP contribution >= 0.6 is 0 Å². The molecule has 0 aliphatic carbocycles. The number of benzene rings is 1. The minimum Gasteiger partial charge on any atom is -0.495 e. The second kappa shape index (κ2) is 6.47. The van der Waals surface area contributed by atoms with Crippen molar-refractivity contribution in [2.75, 3.05) is 44.9 Å². The molecule has 1 saturated heterocycles. The van der Waals surface area contributed by atoms with E-state index in [9.17, 15) is 4.79 Å². The first kappa shape index (κ1) is 14.5. The van der Waals surface area contributed by atoms with Crippen LogP contribution in [0.5, 0.6) is 11.5 Å². The Bertz CT molecular complexity index is 485. The lowest BCUT2D eigenvalue weighted by molar-refractivity contribution is -0.117. The summed E-state index contributed by atoms with van der Waals surface area (Å²) in [6.07, 6.45) is 2.32. The molecule has 1 amide bonds. The molecule has 1 aliphatic rings. The Balaban J connectivity index is 2.08. The van der Waals surface area contributed by atoms with Gasteiger partial charge in [0.15, 0.2) is 0 Å². The highest BCUT2D eigenvalue weighted by Crippen LogP contribution is 2.34. The Morgan fingerprint density at radius 3 is 2.50 bits per heavy atom. The average molecular weight is 279 g/mol. The van der Waals surface area contributed by atoms with E-state index in [1.54, 1.807) is 12.1 Å². The van der Waals surface area contributed by atoms with E-state index in [2.05, 4.69) is 10.2 Å². The number of methoxy groups -OCH3 is 2. The highest BCUT2D eigenvalue weighted by molar-refractivity contribution is 5.94. The normalized spacial score (nSPS) is 15.1. The summed E-state index contributed by atoms with van der Waals surface area (Å²) in [4.78, 5) is 14.2. The lowest BCUT2D eigenvalue weighted by Crippen LogP contribution is -2.31. The van der Waals surface area contributed by atoms with Gasteiger partial charge in [0.05, 0.1) is 32.1 Å². The molecular formula is C14H21N3O3. The third-order valence-corrected chi connectivity index (χ3v) is 3.39. The molecule has 0 spiro atoms. The largest absolute Gasteiger partial charge is 0.495 e. The number of hydrogen-bond donors (Lipinski definition) is 2. The number of nitrogen functional groups attached to an aromatic ring is 1. The zero-order valence-corrected chi connectivity index (χ0v) is 11.9. The molecular weight excluding hydrogens is 258 g/mol. The van der Waals surface area contributed by atoms with Crippen molar-refractivity contribution in [1.29, 1.82) is 0 Å². The maximum Gasteiger partial charge on any atom is 0.238 e. The van der Waals surface area contributed by atoms with Gasteiger partial charge in [-0.15, -0.1) is 0 Å². The Morgan fingerprint density at radius 1 is 1.25 bits per heavy atom. The summed E-state index contributed by atoms with van der Waals surface area (Å²) in [6.45, 7) is 2.36. The van der Waals surface area contributed by atoms with Crippen molar-refractivity contribution in [2.24, 2.45) is 0 Å². The predicted octanol–water partition coefficient (Wildman–Crippen LogP) is 1.32. The second-order valence-electron chi connectivity index (χ2n) is 4.83. The van der Waals surface area contributed by atoms with Crippen LogP contribution in [0.15, 0.2) is 12.1 Å². The van der Waals surface area contributed by atoms with Gasteiger partial charge in [0.2, 0.25) is 5.91 Å². The highest BCUT2D eigenvalue weighted by atomic mass is 16.5. The van der Waals surface area contributed by atoms with Crippen LogP contribution in [0.3, 0.4) is 0 Å². The Kier molecular flexibility index (Phi) is 4.68. The van der Waals surface area contributed by atoms with Crippen molar-refractivity contribution in [3.8, 4) is 11.5 Å². The molecule has 1 fully saturated rings. The van der Waals surface area contributed by atoms with E-state index >= 15 is 0 Å². The topological polar surface area (TPSA) is 76.8 Å². The van der Waals surface area contributed by atoms with E-state index in [1.807, 2.05) is 0 Å². The van der Waals surface area contributed by atoms with Gasteiger partial charge in [0, 0.05) is 12.1 Å². The molecule has 0 atom stereocenters. The number of nitrogens with one attached hydrogen (secondary N) is 1. The lowest BCUT2D eigenvalue weighted by atomic mass is 10.2. The zero-order valence-electron chi connectivity index (χ0n) is 11.9. The van der Waals surface area contributed by atoms with Crippen LogP contribution in [0.4, 0.5) is 11.4 Å². The molecule has 1 aromatic rings. The van der Waals surface area contributed by atoms with Gasteiger partial charge in [-0.1, -0.05) is 0 Å². The van der Waals surface area contributed by atoms with Crippen molar-refractivity contribution in [3.63, 3.8) is 0 Å². The lowest BCUT2D eigenvalue weighted by Gasteiger charge is -2.16. The minimum absolute atomic E-state index is 0.0583. The Labute approximate surface area is 118 Å². The zero-order chi connectivity index (χ0) is 14.5. The van der Waals surface area contributed by atoms with Crippen LogP contribution in [0.1, 0.15) is 12.8 Å². The van der Waals surface area contributed by atoms with E-state index in [4.69, 9.17) is 15.2 Å². The van der Waals surface area contributed by atoms with Gasteiger partial charge in [-0.05, 0) is 25.9 Å². The molecule has 110 valence electrons. The monoisotopic (exact) mass is 279 g/mol. The maximum absolute atomic E-state index is 12.0. The smallest absolute Gasteiger partial charge is 0.238 e. The van der Waals surface area contributed by atoms with E-state index < -0.39 is 0 Å². The van der Waals surface area contributed by atoms with Crippen LogP contribution in [-0.4, -0.2) is 44.7 Å². The third-order valence-electron chi connectivity index (χ3n) is 3.39. The molecule has 20 heavy (non-hydrogen) atoms. The molecule has 6 heteroatoms. The number of amides is 1. The Hall–Kier alpha value is -1.95. The van der Waals surface area contributed by atoms with E-state index in [-0.39, 0.29) is 5.91 Å². The van der Waals surface area contributed by atoms with Gasteiger partial charge in [0.1, 0.15) is 11.5 Å². The van der Waals surface area contributed by atoms with E-state index in [1.165, 1.54) is 14.2 Å². The number of carbonyl (C=O) groups excluding carboxylic acids is 1. The number of rotatable bonds is 5. The fourth-order valence-corrected chi connectivity index (χ4v) is 2.35. The van der Waals surface area contributed by atoms with Crippen LogP contribution in [0.2, 0.25) is 0 Å². The van der Waals surface area contributed by atoms with E-state index in [0.29, 0.717) is 29.4 Å². The summed E-state index contributed by atoms with van der Waals surface area (Å²) >= 11 is 0. The van der Waals surface area contributed by atoms with Crippen LogP contribution in [0, 0.1) is 0 Å². The molecule has 2 rings (SSSR count). The highest BCUT2D eigenvalue weighted by Gasteiger charge is 2.17. The Morgan fingerprint density at radius 2 is 1.90 bits per heavy atom. The SMILES string of the molecule is COc1cc(NC(=O)CN2CCCC2)c(OC)cc1N. The first-order valence-electron chi connectivity index (χ1n) is 6.67. The summed E-state index contributed by atoms with van der Waals surface area (Å²) in [5.41, 5.74) is 6.86. The first-order chi connectivity index (χ1) is 9.63. The number of likely N-dealkylation sites (tertiary alicyclic amines) is 1. The van der Waals surface area contributed by atoms with Gasteiger partial charge in [-0.25, -0.2) is 0 Å². The molecule has 1 aliphatic heterocycles. The van der Waals surface area contributed by atoms with Gasteiger partial charge < -0.3 is 20.5 Å². The van der Waals surface area contributed by atoms with Crippen LogP contribution < -0.4 is 20.5 Å². The molecule has 0 unspecified atom stereocenters.